The Labute approximate surface area is 98.2 Å². The highest BCUT2D eigenvalue weighted by Crippen LogP contribution is 2.32. The molecule has 1 aliphatic rings. The van der Waals surface area contributed by atoms with Crippen molar-refractivity contribution in [1.82, 2.24) is 10.6 Å². The number of alkyl halides is 3. The SMILES string of the molecule is FC(F)(F)c1ccccc1C[C@H]1CNCCN1. The molecule has 2 N–H and O–H groups in total. The van der Waals surface area contributed by atoms with Crippen LogP contribution >= 0.6 is 0 Å². The van der Waals surface area contributed by atoms with Gasteiger partial charge in [0.2, 0.25) is 0 Å². The van der Waals surface area contributed by atoms with E-state index in [4.69, 9.17) is 0 Å². The molecule has 94 valence electrons. The Kier molecular flexibility index (Phi) is 3.69. The molecule has 1 aromatic rings. The van der Waals surface area contributed by atoms with Crippen molar-refractivity contribution in [1.29, 1.82) is 0 Å². The fourth-order valence-corrected chi connectivity index (χ4v) is 2.10. The van der Waals surface area contributed by atoms with Crippen LogP contribution in [0.2, 0.25) is 0 Å². The second kappa shape index (κ2) is 5.06. The average Bonchev–Trinajstić information content (AvgIpc) is 2.30. The van der Waals surface area contributed by atoms with Crippen LogP contribution in [0.25, 0.3) is 0 Å². The van der Waals surface area contributed by atoms with Gasteiger partial charge in [0.1, 0.15) is 0 Å². The van der Waals surface area contributed by atoms with Gasteiger partial charge in [-0.3, -0.25) is 0 Å². The van der Waals surface area contributed by atoms with E-state index >= 15 is 0 Å². The number of halogens is 3. The lowest BCUT2D eigenvalue weighted by molar-refractivity contribution is -0.138. The quantitative estimate of drug-likeness (QED) is 0.829. The van der Waals surface area contributed by atoms with Crippen molar-refractivity contribution in [2.24, 2.45) is 0 Å². The largest absolute Gasteiger partial charge is 0.416 e. The van der Waals surface area contributed by atoms with Gasteiger partial charge in [0, 0.05) is 25.7 Å². The minimum Gasteiger partial charge on any atom is -0.314 e. The molecule has 0 aromatic heterocycles. The Hall–Kier alpha value is -1.07. The Morgan fingerprint density at radius 3 is 2.59 bits per heavy atom. The van der Waals surface area contributed by atoms with E-state index in [1.54, 1.807) is 12.1 Å². The standard InChI is InChI=1S/C12H15F3N2/c13-12(14,15)11-4-2-1-3-9(11)7-10-8-16-5-6-17-10/h1-4,10,16-17H,5-8H2/t10-/m0/s1. The molecule has 5 heteroatoms. The number of rotatable bonds is 2. The summed E-state index contributed by atoms with van der Waals surface area (Å²) in [7, 11) is 0. The molecule has 17 heavy (non-hydrogen) atoms. The molecule has 0 spiro atoms. The lowest BCUT2D eigenvalue weighted by Gasteiger charge is -2.25. The smallest absolute Gasteiger partial charge is 0.314 e. The van der Waals surface area contributed by atoms with E-state index in [1.807, 2.05) is 0 Å². The third-order valence-electron chi connectivity index (χ3n) is 2.91. The Bertz CT molecular complexity index is 370. The van der Waals surface area contributed by atoms with Crippen molar-refractivity contribution in [2.75, 3.05) is 19.6 Å². The van der Waals surface area contributed by atoms with Gasteiger partial charge < -0.3 is 10.6 Å². The maximum absolute atomic E-state index is 12.8. The van der Waals surface area contributed by atoms with Crippen molar-refractivity contribution >= 4 is 0 Å². The van der Waals surface area contributed by atoms with Gasteiger partial charge in [-0.05, 0) is 18.1 Å². The van der Waals surface area contributed by atoms with Crippen LogP contribution in [-0.4, -0.2) is 25.7 Å². The Balaban J connectivity index is 2.14. The molecular weight excluding hydrogens is 229 g/mol. The minimum absolute atomic E-state index is 0.0762. The van der Waals surface area contributed by atoms with Gasteiger partial charge in [-0.25, -0.2) is 0 Å². The number of benzene rings is 1. The van der Waals surface area contributed by atoms with E-state index in [2.05, 4.69) is 10.6 Å². The van der Waals surface area contributed by atoms with Crippen LogP contribution in [0.3, 0.4) is 0 Å². The summed E-state index contributed by atoms with van der Waals surface area (Å²) in [6.07, 6.45) is -3.86. The summed E-state index contributed by atoms with van der Waals surface area (Å²) in [5.74, 6) is 0. The second-order valence-corrected chi connectivity index (χ2v) is 4.21. The first-order valence-electron chi connectivity index (χ1n) is 5.66. The number of nitrogens with one attached hydrogen (secondary N) is 2. The zero-order chi connectivity index (χ0) is 12.3. The Morgan fingerprint density at radius 1 is 1.18 bits per heavy atom. The topological polar surface area (TPSA) is 24.1 Å². The van der Waals surface area contributed by atoms with Crippen molar-refractivity contribution < 1.29 is 13.2 Å². The van der Waals surface area contributed by atoms with Crippen LogP contribution in [-0.2, 0) is 12.6 Å². The predicted molar refractivity (Wildman–Crippen MR) is 59.8 cm³/mol. The van der Waals surface area contributed by atoms with Gasteiger partial charge in [0.25, 0.3) is 0 Å². The zero-order valence-electron chi connectivity index (χ0n) is 9.35. The summed E-state index contributed by atoms with van der Waals surface area (Å²) in [6, 6.07) is 5.86. The van der Waals surface area contributed by atoms with E-state index in [1.165, 1.54) is 6.07 Å². The molecule has 0 amide bonds. The summed E-state index contributed by atoms with van der Waals surface area (Å²) in [5, 5.41) is 6.39. The highest BCUT2D eigenvalue weighted by atomic mass is 19.4. The maximum atomic E-state index is 12.8. The van der Waals surface area contributed by atoms with Gasteiger partial charge in [0.05, 0.1) is 5.56 Å². The van der Waals surface area contributed by atoms with Gasteiger partial charge in [0.15, 0.2) is 0 Å². The van der Waals surface area contributed by atoms with E-state index in [9.17, 15) is 13.2 Å². The normalized spacial score (nSPS) is 21.5. The van der Waals surface area contributed by atoms with E-state index in [-0.39, 0.29) is 6.04 Å². The average molecular weight is 244 g/mol. The monoisotopic (exact) mass is 244 g/mol. The van der Waals surface area contributed by atoms with Crippen molar-refractivity contribution in [3.63, 3.8) is 0 Å². The van der Waals surface area contributed by atoms with Crippen molar-refractivity contribution in [3.8, 4) is 0 Å². The molecule has 1 aromatic carbocycles. The molecular formula is C12H15F3N2. The predicted octanol–water partition coefficient (Wildman–Crippen LogP) is 1.81. The molecule has 0 unspecified atom stereocenters. The number of hydrogen-bond acceptors (Lipinski definition) is 2. The van der Waals surface area contributed by atoms with Gasteiger partial charge in [-0.2, -0.15) is 13.2 Å². The summed E-state index contributed by atoms with van der Waals surface area (Å²) >= 11 is 0. The molecule has 1 atom stereocenters. The fourth-order valence-electron chi connectivity index (χ4n) is 2.10. The lowest BCUT2D eigenvalue weighted by atomic mass is 9.99. The van der Waals surface area contributed by atoms with Crippen molar-refractivity contribution in [2.45, 2.75) is 18.6 Å². The van der Waals surface area contributed by atoms with Crippen LogP contribution in [0.5, 0.6) is 0 Å². The van der Waals surface area contributed by atoms with Gasteiger partial charge >= 0.3 is 6.18 Å². The molecule has 2 nitrogen and oxygen atoms in total. The zero-order valence-corrected chi connectivity index (χ0v) is 9.35. The van der Waals surface area contributed by atoms with E-state index in [0.29, 0.717) is 18.5 Å². The maximum Gasteiger partial charge on any atom is 0.416 e. The van der Waals surface area contributed by atoms with Crippen molar-refractivity contribution in [3.05, 3.63) is 35.4 Å². The molecule has 0 bridgehead atoms. The third kappa shape index (κ3) is 3.20. The van der Waals surface area contributed by atoms with Crippen LogP contribution in [0.15, 0.2) is 24.3 Å². The Morgan fingerprint density at radius 2 is 1.94 bits per heavy atom. The third-order valence-corrected chi connectivity index (χ3v) is 2.91. The molecule has 0 aliphatic carbocycles. The molecule has 1 fully saturated rings. The first-order chi connectivity index (χ1) is 8.07. The summed E-state index contributed by atoms with van der Waals surface area (Å²) in [5.41, 5.74) is -0.159. The molecule has 2 rings (SSSR count). The highest BCUT2D eigenvalue weighted by molar-refractivity contribution is 5.30. The van der Waals surface area contributed by atoms with Gasteiger partial charge in [-0.15, -0.1) is 0 Å². The summed E-state index contributed by atoms with van der Waals surface area (Å²) in [4.78, 5) is 0. The summed E-state index contributed by atoms with van der Waals surface area (Å²) in [6.45, 7) is 2.39. The minimum atomic E-state index is -4.27. The summed E-state index contributed by atoms with van der Waals surface area (Å²) < 4.78 is 38.3. The molecule has 1 heterocycles. The molecule has 1 aliphatic heterocycles. The lowest BCUT2D eigenvalue weighted by Crippen LogP contribution is -2.49. The number of piperazine rings is 1. The second-order valence-electron chi connectivity index (χ2n) is 4.21. The highest BCUT2D eigenvalue weighted by Gasteiger charge is 2.33. The van der Waals surface area contributed by atoms with E-state index < -0.39 is 11.7 Å². The van der Waals surface area contributed by atoms with Crippen LogP contribution in [0.1, 0.15) is 11.1 Å². The molecule has 1 saturated heterocycles. The van der Waals surface area contributed by atoms with Crippen LogP contribution in [0, 0.1) is 0 Å². The molecule has 0 saturated carbocycles. The van der Waals surface area contributed by atoms with E-state index in [0.717, 1.165) is 19.2 Å². The fraction of sp³-hybridized carbons (Fsp3) is 0.500. The number of hydrogen-bond donors (Lipinski definition) is 2. The first kappa shape index (κ1) is 12.4. The first-order valence-corrected chi connectivity index (χ1v) is 5.66. The van der Waals surface area contributed by atoms with Gasteiger partial charge in [-0.1, -0.05) is 18.2 Å². The molecule has 0 radical (unpaired) electrons. The van der Waals surface area contributed by atoms with Crippen LogP contribution < -0.4 is 10.6 Å². The van der Waals surface area contributed by atoms with Crippen LogP contribution in [0.4, 0.5) is 13.2 Å².